The predicted octanol–water partition coefficient (Wildman–Crippen LogP) is 0.859. The highest BCUT2D eigenvalue weighted by molar-refractivity contribution is 7.09. The van der Waals surface area contributed by atoms with E-state index in [1.165, 1.54) is 11.5 Å². The Bertz CT molecular complexity index is 677. The summed E-state index contributed by atoms with van der Waals surface area (Å²) in [5.74, 6) is 0.773. The molecule has 1 aliphatic heterocycles. The van der Waals surface area contributed by atoms with E-state index in [1.807, 2.05) is 0 Å². The van der Waals surface area contributed by atoms with Gasteiger partial charge in [-0.1, -0.05) is 0 Å². The normalized spacial score (nSPS) is 15.7. The molecule has 0 saturated carbocycles. The Kier molecular flexibility index (Phi) is 5.41. The number of ether oxygens (including phenoxy) is 1. The summed E-state index contributed by atoms with van der Waals surface area (Å²) in [6.45, 7) is 2.38. The number of carbonyl (C=O) groups is 1. The Morgan fingerprint density at radius 1 is 1.46 bits per heavy atom. The van der Waals surface area contributed by atoms with Gasteiger partial charge in [0.25, 0.3) is 5.91 Å². The summed E-state index contributed by atoms with van der Waals surface area (Å²) in [5, 5.41) is 8.08. The number of hydrogen-bond donors (Lipinski definition) is 1. The second-order valence-electron chi connectivity index (χ2n) is 5.81. The van der Waals surface area contributed by atoms with Crippen molar-refractivity contribution >= 4 is 22.6 Å². The van der Waals surface area contributed by atoms with Crippen molar-refractivity contribution in [3.8, 4) is 0 Å². The van der Waals surface area contributed by atoms with E-state index < -0.39 is 0 Å². The number of piperidine rings is 1. The van der Waals surface area contributed by atoms with Crippen molar-refractivity contribution in [2.75, 3.05) is 31.7 Å². The van der Waals surface area contributed by atoms with Crippen LogP contribution in [0, 0.1) is 0 Å². The van der Waals surface area contributed by atoms with Crippen LogP contribution in [0.5, 0.6) is 0 Å². The van der Waals surface area contributed by atoms with Gasteiger partial charge in [-0.2, -0.15) is 9.47 Å². The van der Waals surface area contributed by atoms with Crippen molar-refractivity contribution in [3.05, 3.63) is 23.8 Å². The standard InChI is InChI=1S/C15H22N6O2S/c1-20-12(3-7-16-20)14(22)17-11-4-8-21(9-5-11)15-18-13(19-24-15)6-10-23-2/h3,7,11H,4-6,8-10H2,1-2H3,(H,17,22). The molecule has 8 nitrogen and oxygen atoms in total. The highest BCUT2D eigenvalue weighted by Gasteiger charge is 2.24. The fourth-order valence-electron chi connectivity index (χ4n) is 2.74. The molecule has 2 aromatic heterocycles. The monoisotopic (exact) mass is 350 g/mol. The molecule has 0 aliphatic carbocycles. The minimum absolute atomic E-state index is 0.0637. The van der Waals surface area contributed by atoms with Crippen molar-refractivity contribution in [2.45, 2.75) is 25.3 Å². The maximum atomic E-state index is 12.2. The van der Waals surface area contributed by atoms with Gasteiger partial charge in [-0.3, -0.25) is 9.48 Å². The van der Waals surface area contributed by atoms with Crippen LogP contribution in [0.1, 0.15) is 29.2 Å². The number of hydrogen-bond acceptors (Lipinski definition) is 7. The minimum Gasteiger partial charge on any atom is -0.384 e. The highest BCUT2D eigenvalue weighted by Crippen LogP contribution is 2.22. The predicted molar refractivity (Wildman–Crippen MR) is 91.4 cm³/mol. The summed E-state index contributed by atoms with van der Waals surface area (Å²) in [6, 6.07) is 1.91. The lowest BCUT2D eigenvalue weighted by molar-refractivity contribution is 0.0921. The lowest BCUT2D eigenvalue weighted by atomic mass is 10.1. The fourth-order valence-corrected chi connectivity index (χ4v) is 3.50. The molecule has 0 radical (unpaired) electrons. The zero-order valence-corrected chi connectivity index (χ0v) is 14.8. The van der Waals surface area contributed by atoms with Crippen LogP contribution < -0.4 is 10.2 Å². The van der Waals surface area contributed by atoms with E-state index >= 15 is 0 Å². The van der Waals surface area contributed by atoms with Crippen LogP contribution in [0.25, 0.3) is 0 Å². The summed E-state index contributed by atoms with van der Waals surface area (Å²) in [7, 11) is 3.45. The van der Waals surface area contributed by atoms with E-state index in [2.05, 4.69) is 24.7 Å². The molecular weight excluding hydrogens is 328 g/mol. The van der Waals surface area contributed by atoms with E-state index in [1.54, 1.807) is 31.1 Å². The van der Waals surface area contributed by atoms with Crippen molar-refractivity contribution in [3.63, 3.8) is 0 Å². The van der Waals surface area contributed by atoms with E-state index in [-0.39, 0.29) is 11.9 Å². The first-order valence-corrected chi connectivity index (χ1v) is 8.80. The zero-order chi connectivity index (χ0) is 16.9. The quantitative estimate of drug-likeness (QED) is 0.832. The molecule has 130 valence electrons. The maximum Gasteiger partial charge on any atom is 0.269 e. The molecule has 0 unspecified atom stereocenters. The van der Waals surface area contributed by atoms with E-state index in [4.69, 9.17) is 4.74 Å². The molecule has 1 fully saturated rings. The van der Waals surface area contributed by atoms with Crippen molar-refractivity contribution in [1.29, 1.82) is 0 Å². The van der Waals surface area contributed by atoms with Crippen LogP contribution in [-0.2, 0) is 18.2 Å². The van der Waals surface area contributed by atoms with Gasteiger partial charge in [0, 0.05) is 57.4 Å². The number of methoxy groups -OCH3 is 1. The molecule has 1 aliphatic rings. The van der Waals surface area contributed by atoms with Crippen molar-refractivity contribution in [1.82, 2.24) is 24.5 Å². The number of amides is 1. The van der Waals surface area contributed by atoms with Crippen molar-refractivity contribution in [2.24, 2.45) is 7.05 Å². The number of rotatable bonds is 6. The van der Waals surface area contributed by atoms with Gasteiger partial charge in [0.15, 0.2) is 0 Å². The second-order valence-corrected chi connectivity index (χ2v) is 6.54. The van der Waals surface area contributed by atoms with Crippen LogP contribution in [0.15, 0.2) is 12.3 Å². The highest BCUT2D eigenvalue weighted by atomic mass is 32.1. The number of carbonyl (C=O) groups excluding carboxylic acids is 1. The molecule has 1 N–H and O–H groups in total. The lowest BCUT2D eigenvalue weighted by Crippen LogP contribution is -2.45. The van der Waals surface area contributed by atoms with Crippen molar-refractivity contribution < 1.29 is 9.53 Å². The third-order valence-electron chi connectivity index (χ3n) is 4.14. The second kappa shape index (κ2) is 7.71. The first-order valence-electron chi connectivity index (χ1n) is 8.02. The molecule has 9 heteroatoms. The first kappa shape index (κ1) is 16.8. The molecule has 0 spiro atoms. The van der Waals surface area contributed by atoms with E-state index in [0.29, 0.717) is 12.3 Å². The molecule has 24 heavy (non-hydrogen) atoms. The molecular formula is C15H22N6O2S. The van der Waals surface area contributed by atoms with E-state index in [9.17, 15) is 4.79 Å². The average molecular weight is 350 g/mol. The van der Waals surface area contributed by atoms with Gasteiger partial charge in [0.2, 0.25) is 5.13 Å². The van der Waals surface area contributed by atoms with Gasteiger partial charge in [-0.25, -0.2) is 4.98 Å². The average Bonchev–Trinajstić information content (AvgIpc) is 3.22. The topological polar surface area (TPSA) is 85.2 Å². The van der Waals surface area contributed by atoms with Gasteiger partial charge < -0.3 is 15.0 Å². The SMILES string of the molecule is COCCc1nsc(N2CCC(NC(=O)c3ccnn3C)CC2)n1. The smallest absolute Gasteiger partial charge is 0.269 e. The van der Waals surface area contributed by atoms with Gasteiger partial charge in [0.05, 0.1) is 6.61 Å². The number of nitrogens with one attached hydrogen (secondary N) is 1. The third kappa shape index (κ3) is 3.90. The fraction of sp³-hybridized carbons (Fsp3) is 0.600. The Morgan fingerprint density at radius 2 is 2.25 bits per heavy atom. The van der Waals surface area contributed by atoms with Gasteiger partial charge in [-0.15, -0.1) is 0 Å². The number of anilines is 1. The number of aryl methyl sites for hydroxylation is 1. The van der Waals surface area contributed by atoms with Crippen LogP contribution in [-0.4, -0.2) is 57.9 Å². The molecule has 0 atom stereocenters. The molecule has 3 rings (SSSR count). The lowest BCUT2D eigenvalue weighted by Gasteiger charge is -2.31. The Morgan fingerprint density at radius 3 is 2.92 bits per heavy atom. The van der Waals surface area contributed by atoms with E-state index in [0.717, 1.165) is 43.3 Å². The number of aromatic nitrogens is 4. The molecule has 0 aromatic carbocycles. The molecule has 1 amide bonds. The summed E-state index contributed by atoms with van der Waals surface area (Å²) < 4.78 is 11.0. The summed E-state index contributed by atoms with van der Waals surface area (Å²) >= 11 is 1.43. The molecule has 2 aromatic rings. The maximum absolute atomic E-state index is 12.2. The van der Waals surface area contributed by atoms with Crippen LogP contribution in [0.3, 0.4) is 0 Å². The summed E-state index contributed by atoms with van der Waals surface area (Å²) in [4.78, 5) is 19.0. The van der Waals surface area contributed by atoms with Gasteiger partial charge in [-0.05, 0) is 18.9 Å². The number of nitrogens with zero attached hydrogens (tertiary/aromatic N) is 5. The zero-order valence-electron chi connectivity index (χ0n) is 13.9. The Hall–Kier alpha value is -2.00. The summed E-state index contributed by atoms with van der Waals surface area (Å²) in [6.07, 6.45) is 4.17. The molecule has 0 bridgehead atoms. The van der Waals surface area contributed by atoms with Crippen LogP contribution >= 0.6 is 11.5 Å². The largest absolute Gasteiger partial charge is 0.384 e. The van der Waals surface area contributed by atoms with Crippen LogP contribution in [0.2, 0.25) is 0 Å². The Labute approximate surface area is 145 Å². The minimum atomic E-state index is -0.0637. The van der Waals surface area contributed by atoms with Crippen LogP contribution in [0.4, 0.5) is 5.13 Å². The first-order chi connectivity index (χ1) is 11.7. The third-order valence-corrected chi connectivity index (χ3v) is 4.96. The summed E-state index contributed by atoms with van der Waals surface area (Å²) in [5.41, 5.74) is 0.587. The molecule has 1 saturated heterocycles. The van der Waals surface area contributed by atoms with Gasteiger partial charge >= 0.3 is 0 Å². The molecule has 3 heterocycles. The van der Waals surface area contributed by atoms with Gasteiger partial charge in [0.1, 0.15) is 11.5 Å². The Balaban J connectivity index is 1.49.